The molecule has 0 saturated carbocycles. The summed E-state index contributed by atoms with van der Waals surface area (Å²) in [5.74, 6) is 2.29. The molecule has 1 aromatic rings. The third-order valence-electron chi connectivity index (χ3n) is 3.58. The lowest BCUT2D eigenvalue weighted by Gasteiger charge is -2.13. The molecule has 1 heterocycles. The molecule has 2 aliphatic carbocycles. The van der Waals surface area contributed by atoms with Gasteiger partial charge in [-0.15, -0.1) is 0 Å². The second-order valence-electron chi connectivity index (χ2n) is 5.48. The SMILES string of the molecule is CC1(C)C=Cc2oc3c(c2C=C1)CCCC3. The Hall–Kier alpha value is -1.24. The van der Waals surface area contributed by atoms with Crippen LogP contribution in [0.4, 0.5) is 0 Å². The van der Waals surface area contributed by atoms with E-state index in [4.69, 9.17) is 4.42 Å². The summed E-state index contributed by atoms with van der Waals surface area (Å²) >= 11 is 0. The van der Waals surface area contributed by atoms with Crippen molar-refractivity contribution in [3.63, 3.8) is 0 Å². The van der Waals surface area contributed by atoms with Crippen LogP contribution in [0.15, 0.2) is 16.6 Å². The first-order chi connectivity index (χ1) is 7.66. The fourth-order valence-corrected chi connectivity index (χ4v) is 2.56. The zero-order valence-electron chi connectivity index (χ0n) is 10.0. The summed E-state index contributed by atoms with van der Waals surface area (Å²) in [4.78, 5) is 0. The number of furan rings is 1. The van der Waals surface area contributed by atoms with Gasteiger partial charge in [0.1, 0.15) is 11.5 Å². The monoisotopic (exact) mass is 214 g/mol. The number of rotatable bonds is 0. The van der Waals surface area contributed by atoms with E-state index in [0.717, 1.165) is 12.2 Å². The lowest BCUT2D eigenvalue weighted by atomic mass is 9.92. The molecule has 0 spiro atoms. The Morgan fingerprint density at radius 3 is 2.69 bits per heavy atom. The molecule has 0 N–H and O–H groups in total. The van der Waals surface area contributed by atoms with Gasteiger partial charge in [0.25, 0.3) is 0 Å². The lowest BCUT2D eigenvalue weighted by molar-refractivity contribution is 0.471. The minimum atomic E-state index is 0.142. The summed E-state index contributed by atoms with van der Waals surface area (Å²) in [7, 11) is 0. The van der Waals surface area contributed by atoms with Crippen molar-refractivity contribution in [3.8, 4) is 0 Å². The van der Waals surface area contributed by atoms with Gasteiger partial charge in [0, 0.05) is 23.0 Å². The zero-order chi connectivity index (χ0) is 11.2. The number of hydrogen-bond acceptors (Lipinski definition) is 1. The van der Waals surface area contributed by atoms with Crippen LogP contribution in [0.3, 0.4) is 0 Å². The van der Waals surface area contributed by atoms with Crippen LogP contribution in [0.1, 0.15) is 49.3 Å². The molecule has 0 amide bonds. The van der Waals surface area contributed by atoms with Crippen LogP contribution in [0.2, 0.25) is 0 Å². The number of hydrogen-bond donors (Lipinski definition) is 0. The van der Waals surface area contributed by atoms with Crippen molar-refractivity contribution >= 4 is 12.2 Å². The molecule has 0 bridgehead atoms. The molecule has 84 valence electrons. The van der Waals surface area contributed by atoms with Crippen LogP contribution < -0.4 is 0 Å². The Kier molecular flexibility index (Phi) is 2.10. The largest absolute Gasteiger partial charge is 0.461 e. The first kappa shape index (κ1) is 9.95. The zero-order valence-corrected chi connectivity index (χ0v) is 10.0. The molecule has 0 aliphatic heterocycles. The molecule has 1 aromatic heterocycles. The van der Waals surface area contributed by atoms with E-state index in [1.807, 2.05) is 0 Å². The third-order valence-corrected chi connectivity index (χ3v) is 3.58. The molecule has 2 aliphatic rings. The molecule has 0 radical (unpaired) electrons. The molecule has 0 aromatic carbocycles. The summed E-state index contributed by atoms with van der Waals surface area (Å²) in [5.41, 5.74) is 2.93. The van der Waals surface area contributed by atoms with Gasteiger partial charge in [-0.3, -0.25) is 0 Å². The Bertz CT molecular complexity index is 472. The molecule has 3 rings (SSSR count). The fraction of sp³-hybridized carbons (Fsp3) is 0.467. The quantitative estimate of drug-likeness (QED) is 0.630. The maximum absolute atomic E-state index is 5.96. The van der Waals surface area contributed by atoms with Crippen LogP contribution in [0.25, 0.3) is 12.2 Å². The highest BCUT2D eigenvalue weighted by atomic mass is 16.3. The highest BCUT2D eigenvalue weighted by molar-refractivity contribution is 5.69. The molecule has 0 unspecified atom stereocenters. The predicted octanol–water partition coefficient (Wildman–Crippen LogP) is 4.22. The Balaban J connectivity index is 2.12. The predicted molar refractivity (Wildman–Crippen MR) is 67.2 cm³/mol. The summed E-state index contributed by atoms with van der Waals surface area (Å²) in [6, 6.07) is 0. The van der Waals surface area contributed by atoms with Crippen LogP contribution >= 0.6 is 0 Å². The van der Waals surface area contributed by atoms with E-state index in [9.17, 15) is 0 Å². The van der Waals surface area contributed by atoms with E-state index in [1.165, 1.54) is 36.1 Å². The number of allylic oxidation sites excluding steroid dienone is 2. The van der Waals surface area contributed by atoms with E-state index < -0.39 is 0 Å². The van der Waals surface area contributed by atoms with Crippen molar-refractivity contribution < 1.29 is 4.42 Å². The fourth-order valence-electron chi connectivity index (χ4n) is 2.56. The van der Waals surface area contributed by atoms with Crippen molar-refractivity contribution in [2.75, 3.05) is 0 Å². The first-order valence-electron chi connectivity index (χ1n) is 6.19. The molecule has 0 saturated heterocycles. The van der Waals surface area contributed by atoms with Gasteiger partial charge >= 0.3 is 0 Å². The van der Waals surface area contributed by atoms with E-state index in [0.29, 0.717) is 0 Å². The highest BCUT2D eigenvalue weighted by Crippen LogP contribution is 2.35. The third kappa shape index (κ3) is 1.55. The van der Waals surface area contributed by atoms with Gasteiger partial charge in [-0.2, -0.15) is 0 Å². The summed E-state index contributed by atoms with van der Waals surface area (Å²) in [6.07, 6.45) is 13.8. The topological polar surface area (TPSA) is 13.1 Å². The number of aryl methyl sites for hydroxylation is 1. The van der Waals surface area contributed by atoms with Crippen molar-refractivity contribution in [3.05, 3.63) is 34.8 Å². The van der Waals surface area contributed by atoms with Gasteiger partial charge < -0.3 is 4.42 Å². The molecular weight excluding hydrogens is 196 g/mol. The minimum absolute atomic E-state index is 0.142. The summed E-state index contributed by atoms with van der Waals surface area (Å²) in [6.45, 7) is 4.44. The van der Waals surface area contributed by atoms with Crippen LogP contribution in [-0.4, -0.2) is 0 Å². The van der Waals surface area contributed by atoms with Crippen molar-refractivity contribution in [1.29, 1.82) is 0 Å². The average Bonchev–Trinajstić information content (AvgIpc) is 2.54. The molecule has 1 heteroatoms. The van der Waals surface area contributed by atoms with E-state index >= 15 is 0 Å². The second-order valence-corrected chi connectivity index (χ2v) is 5.48. The van der Waals surface area contributed by atoms with Gasteiger partial charge in [0.15, 0.2) is 0 Å². The van der Waals surface area contributed by atoms with Gasteiger partial charge in [-0.1, -0.05) is 32.1 Å². The van der Waals surface area contributed by atoms with Gasteiger partial charge in [0.05, 0.1) is 0 Å². The van der Waals surface area contributed by atoms with Gasteiger partial charge in [-0.05, 0) is 25.3 Å². The Morgan fingerprint density at radius 2 is 1.81 bits per heavy atom. The van der Waals surface area contributed by atoms with E-state index in [1.54, 1.807) is 0 Å². The molecule has 0 fully saturated rings. The Morgan fingerprint density at radius 1 is 1.06 bits per heavy atom. The van der Waals surface area contributed by atoms with Crippen molar-refractivity contribution in [1.82, 2.24) is 0 Å². The maximum atomic E-state index is 5.96. The van der Waals surface area contributed by atoms with Gasteiger partial charge in [0.2, 0.25) is 0 Å². The molecule has 16 heavy (non-hydrogen) atoms. The van der Waals surface area contributed by atoms with Crippen LogP contribution in [-0.2, 0) is 12.8 Å². The Labute approximate surface area is 96.8 Å². The molecular formula is C15H18O. The normalized spacial score (nSPS) is 21.4. The van der Waals surface area contributed by atoms with Crippen molar-refractivity contribution in [2.45, 2.75) is 39.5 Å². The maximum Gasteiger partial charge on any atom is 0.134 e. The van der Waals surface area contributed by atoms with Crippen LogP contribution in [0, 0.1) is 5.41 Å². The highest BCUT2D eigenvalue weighted by Gasteiger charge is 2.22. The minimum Gasteiger partial charge on any atom is -0.461 e. The van der Waals surface area contributed by atoms with E-state index in [2.05, 4.69) is 38.2 Å². The van der Waals surface area contributed by atoms with Crippen molar-refractivity contribution in [2.24, 2.45) is 5.41 Å². The lowest BCUT2D eigenvalue weighted by Crippen LogP contribution is -2.01. The molecule has 1 nitrogen and oxygen atoms in total. The molecule has 0 atom stereocenters. The first-order valence-corrected chi connectivity index (χ1v) is 6.19. The van der Waals surface area contributed by atoms with Gasteiger partial charge in [-0.25, -0.2) is 0 Å². The second kappa shape index (κ2) is 3.38. The summed E-state index contributed by atoms with van der Waals surface area (Å²) in [5, 5.41) is 0. The van der Waals surface area contributed by atoms with E-state index in [-0.39, 0.29) is 5.41 Å². The average molecular weight is 214 g/mol. The standard InChI is InChI=1S/C15H18O/c1-15(2)9-7-12-11-5-3-4-6-13(11)16-14(12)8-10-15/h7-10H,3-6H2,1-2H3. The summed E-state index contributed by atoms with van der Waals surface area (Å²) < 4.78 is 5.96. The number of fused-ring (bicyclic) bond motifs is 3. The smallest absolute Gasteiger partial charge is 0.134 e. The van der Waals surface area contributed by atoms with Crippen LogP contribution in [0.5, 0.6) is 0 Å².